The summed E-state index contributed by atoms with van der Waals surface area (Å²) in [6, 6.07) is -0.0533. The molecule has 1 amide bonds. The minimum absolute atomic E-state index is 0.00126. The molecule has 4 heteroatoms. The Kier molecular flexibility index (Phi) is 7.40. The number of rotatable bonds is 6. The van der Waals surface area contributed by atoms with Crippen molar-refractivity contribution in [2.24, 2.45) is 5.92 Å². The molecule has 0 saturated carbocycles. The average molecular weight is 311 g/mol. The van der Waals surface area contributed by atoms with Gasteiger partial charge in [-0.25, -0.2) is 4.79 Å². The Morgan fingerprint density at radius 3 is 2.59 bits per heavy atom. The van der Waals surface area contributed by atoms with E-state index in [9.17, 15) is 9.90 Å². The second-order valence-electron chi connectivity index (χ2n) is 7.30. The SMILES string of the molecule is C=CC[C@@H]1CC[C@@H](CCCC)[C@@H](CO)N1C(=O)OC(C)(C)C. The molecule has 3 atom stereocenters. The smallest absolute Gasteiger partial charge is 0.410 e. The summed E-state index contributed by atoms with van der Waals surface area (Å²) in [7, 11) is 0. The van der Waals surface area contributed by atoms with E-state index in [0.29, 0.717) is 5.92 Å². The molecule has 0 aromatic rings. The number of aliphatic hydroxyl groups is 1. The zero-order valence-electron chi connectivity index (χ0n) is 14.7. The first-order valence-corrected chi connectivity index (χ1v) is 8.57. The lowest BCUT2D eigenvalue weighted by atomic mass is 9.82. The highest BCUT2D eigenvalue weighted by molar-refractivity contribution is 5.69. The number of hydrogen-bond acceptors (Lipinski definition) is 3. The molecule has 1 saturated heterocycles. The Balaban J connectivity index is 2.93. The van der Waals surface area contributed by atoms with Gasteiger partial charge in [0.05, 0.1) is 12.6 Å². The number of ether oxygens (including phenoxy) is 1. The van der Waals surface area contributed by atoms with E-state index in [0.717, 1.165) is 38.5 Å². The van der Waals surface area contributed by atoms with E-state index in [2.05, 4.69) is 13.5 Å². The number of unbranched alkanes of at least 4 members (excludes halogenated alkanes) is 1. The Morgan fingerprint density at radius 1 is 1.41 bits per heavy atom. The van der Waals surface area contributed by atoms with Gasteiger partial charge in [0, 0.05) is 6.04 Å². The number of hydrogen-bond donors (Lipinski definition) is 1. The van der Waals surface area contributed by atoms with E-state index in [4.69, 9.17) is 4.74 Å². The van der Waals surface area contributed by atoms with Crippen molar-refractivity contribution in [1.82, 2.24) is 4.90 Å². The second kappa shape index (κ2) is 8.56. The van der Waals surface area contributed by atoms with Gasteiger partial charge in [0.2, 0.25) is 0 Å². The quantitative estimate of drug-likeness (QED) is 0.750. The molecule has 0 aromatic heterocycles. The van der Waals surface area contributed by atoms with Gasteiger partial charge < -0.3 is 9.84 Å². The predicted octanol–water partition coefficient (Wildman–Crippen LogP) is 4.13. The van der Waals surface area contributed by atoms with Gasteiger partial charge in [0.25, 0.3) is 0 Å². The van der Waals surface area contributed by atoms with Crippen LogP contribution in [0.25, 0.3) is 0 Å². The molecule has 1 aliphatic heterocycles. The maximum Gasteiger partial charge on any atom is 0.410 e. The molecule has 128 valence electrons. The number of likely N-dealkylation sites (tertiary alicyclic amines) is 1. The topological polar surface area (TPSA) is 49.8 Å². The molecule has 22 heavy (non-hydrogen) atoms. The molecule has 0 radical (unpaired) electrons. The van der Waals surface area contributed by atoms with Gasteiger partial charge in [-0.05, 0) is 52.4 Å². The summed E-state index contributed by atoms with van der Waals surface area (Å²) >= 11 is 0. The standard InChI is InChI=1S/C18H33NO3/c1-6-8-10-14-11-12-15(9-7-2)19(16(14)13-20)17(21)22-18(3,4)5/h7,14-16,20H,2,6,8-13H2,1,3-5H3/t14-,15-,16-/m1/s1. The highest BCUT2D eigenvalue weighted by atomic mass is 16.6. The Hall–Kier alpha value is -1.03. The van der Waals surface area contributed by atoms with Gasteiger partial charge in [-0.3, -0.25) is 4.90 Å². The van der Waals surface area contributed by atoms with E-state index < -0.39 is 5.60 Å². The summed E-state index contributed by atoms with van der Waals surface area (Å²) in [4.78, 5) is 14.4. The summed E-state index contributed by atoms with van der Waals surface area (Å²) in [5, 5.41) is 9.89. The monoisotopic (exact) mass is 311 g/mol. The Morgan fingerprint density at radius 2 is 2.09 bits per heavy atom. The number of nitrogens with zero attached hydrogens (tertiary/aromatic N) is 1. The zero-order chi connectivity index (χ0) is 16.8. The van der Waals surface area contributed by atoms with Crippen LogP contribution in [0.5, 0.6) is 0 Å². The molecule has 0 aliphatic carbocycles. The molecule has 1 rings (SSSR count). The van der Waals surface area contributed by atoms with Crippen LogP contribution in [0.3, 0.4) is 0 Å². The van der Waals surface area contributed by atoms with Gasteiger partial charge in [-0.15, -0.1) is 6.58 Å². The molecule has 1 heterocycles. The van der Waals surface area contributed by atoms with Crippen molar-refractivity contribution in [3.63, 3.8) is 0 Å². The molecule has 1 fully saturated rings. The largest absolute Gasteiger partial charge is 0.444 e. The number of carbonyl (C=O) groups is 1. The third kappa shape index (κ3) is 5.31. The van der Waals surface area contributed by atoms with Gasteiger partial charge in [0.15, 0.2) is 0 Å². The third-order valence-electron chi connectivity index (χ3n) is 4.32. The van der Waals surface area contributed by atoms with Crippen LogP contribution in [0.1, 0.15) is 66.2 Å². The van der Waals surface area contributed by atoms with Crippen molar-refractivity contribution in [2.75, 3.05) is 6.61 Å². The van der Waals surface area contributed by atoms with Crippen molar-refractivity contribution in [1.29, 1.82) is 0 Å². The van der Waals surface area contributed by atoms with E-state index in [-0.39, 0.29) is 24.8 Å². The average Bonchev–Trinajstić information content (AvgIpc) is 2.43. The van der Waals surface area contributed by atoms with Crippen LogP contribution in [0, 0.1) is 5.92 Å². The lowest BCUT2D eigenvalue weighted by Gasteiger charge is -2.45. The van der Waals surface area contributed by atoms with Gasteiger partial charge >= 0.3 is 6.09 Å². The van der Waals surface area contributed by atoms with Crippen LogP contribution in [0.4, 0.5) is 4.79 Å². The highest BCUT2D eigenvalue weighted by Crippen LogP contribution is 2.34. The van der Waals surface area contributed by atoms with Gasteiger partial charge in [-0.1, -0.05) is 25.8 Å². The van der Waals surface area contributed by atoms with Crippen molar-refractivity contribution in [3.8, 4) is 0 Å². The Bertz CT molecular complexity index is 362. The predicted molar refractivity (Wildman–Crippen MR) is 89.8 cm³/mol. The van der Waals surface area contributed by atoms with Crippen LogP contribution in [-0.2, 0) is 4.74 Å². The fourth-order valence-electron chi connectivity index (χ4n) is 3.30. The lowest BCUT2D eigenvalue weighted by molar-refractivity contribution is -0.0318. The van der Waals surface area contributed by atoms with Crippen molar-refractivity contribution >= 4 is 6.09 Å². The molecular formula is C18H33NO3. The maximum atomic E-state index is 12.6. The minimum Gasteiger partial charge on any atom is -0.444 e. The number of piperidine rings is 1. The van der Waals surface area contributed by atoms with E-state index in [1.807, 2.05) is 26.8 Å². The van der Waals surface area contributed by atoms with Crippen LogP contribution in [-0.4, -0.2) is 40.4 Å². The van der Waals surface area contributed by atoms with Crippen molar-refractivity contribution in [2.45, 2.75) is 83.9 Å². The maximum absolute atomic E-state index is 12.6. The molecule has 4 nitrogen and oxygen atoms in total. The van der Waals surface area contributed by atoms with Gasteiger partial charge in [-0.2, -0.15) is 0 Å². The first kappa shape index (κ1) is 19.0. The highest BCUT2D eigenvalue weighted by Gasteiger charge is 2.40. The fraction of sp³-hybridized carbons (Fsp3) is 0.833. The molecule has 0 bridgehead atoms. The van der Waals surface area contributed by atoms with Crippen molar-refractivity contribution < 1.29 is 14.6 Å². The summed E-state index contributed by atoms with van der Waals surface area (Å²) in [5.74, 6) is 0.360. The molecule has 1 aliphatic rings. The van der Waals surface area contributed by atoms with Crippen LogP contribution in [0.15, 0.2) is 12.7 Å². The summed E-state index contributed by atoms with van der Waals surface area (Å²) < 4.78 is 5.58. The van der Waals surface area contributed by atoms with E-state index in [1.165, 1.54) is 0 Å². The van der Waals surface area contributed by atoms with Crippen LogP contribution in [0.2, 0.25) is 0 Å². The minimum atomic E-state index is -0.522. The fourth-order valence-corrected chi connectivity index (χ4v) is 3.30. The van der Waals surface area contributed by atoms with Crippen LogP contribution >= 0.6 is 0 Å². The number of carbonyl (C=O) groups excluding carboxylic acids is 1. The molecule has 1 N–H and O–H groups in total. The van der Waals surface area contributed by atoms with Crippen LogP contribution < -0.4 is 0 Å². The molecule has 0 aromatic carbocycles. The second-order valence-corrected chi connectivity index (χ2v) is 7.30. The zero-order valence-corrected chi connectivity index (χ0v) is 14.7. The lowest BCUT2D eigenvalue weighted by Crippen LogP contribution is -2.56. The summed E-state index contributed by atoms with van der Waals surface area (Å²) in [5.41, 5.74) is -0.522. The molecule has 0 spiro atoms. The third-order valence-corrected chi connectivity index (χ3v) is 4.32. The van der Waals surface area contributed by atoms with E-state index >= 15 is 0 Å². The Labute approximate surface area is 135 Å². The first-order valence-electron chi connectivity index (χ1n) is 8.57. The summed E-state index contributed by atoms with van der Waals surface area (Å²) in [6.07, 6.45) is 7.63. The van der Waals surface area contributed by atoms with Crippen molar-refractivity contribution in [3.05, 3.63) is 12.7 Å². The number of aliphatic hydroxyl groups excluding tert-OH is 1. The number of amides is 1. The molecular weight excluding hydrogens is 278 g/mol. The van der Waals surface area contributed by atoms with E-state index in [1.54, 1.807) is 4.90 Å². The summed E-state index contributed by atoms with van der Waals surface area (Å²) in [6.45, 7) is 11.6. The first-order chi connectivity index (χ1) is 10.3. The normalized spacial score (nSPS) is 25.9. The van der Waals surface area contributed by atoms with Gasteiger partial charge in [0.1, 0.15) is 5.60 Å². The molecule has 0 unspecified atom stereocenters.